The molecule has 0 bridgehead atoms. The maximum atomic E-state index is 5.82. The maximum Gasteiger partial charge on any atom is 0.0952 e. The average molecular weight is 220 g/mol. The van der Waals surface area contributed by atoms with Crippen molar-refractivity contribution in [2.24, 2.45) is 0 Å². The van der Waals surface area contributed by atoms with Crippen molar-refractivity contribution in [3.63, 3.8) is 0 Å². The predicted octanol–water partition coefficient (Wildman–Crippen LogP) is 1.97. The molecule has 0 spiro atoms. The van der Waals surface area contributed by atoms with E-state index >= 15 is 0 Å². The number of likely N-dealkylation sites (N-methyl/N-ethyl adjacent to an activating group) is 1. The number of nitrogens with two attached hydrogens (primary N) is 1. The van der Waals surface area contributed by atoms with Gasteiger partial charge >= 0.3 is 0 Å². The van der Waals surface area contributed by atoms with E-state index in [2.05, 4.69) is 24.0 Å². The predicted molar refractivity (Wildman–Crippen MR) is 66.4 cm³/mol. The van der Waals surface area contributed by atoms with Crippen LogP contribution in [-0.2, 0) is 4.74 Å². The summed E-state index contributed by atoms with van der Waals surface area (Å²) in [5, 5.41) is 0. The number of hydrogen-bond donors (Lipinski definition) is 1. The number of morpholine rings is 1. The van der Waals surface area contributed by atoms with E-state index < -0.39 is 0 Å². The van der Waals surface area contributed by atoms with Gasteiger partial charge < -0.3 is 10.5 Å². The minimum absolute atomic E-state index is 0.202. The Morgan fingerprint density at radius 1 is 1.50 bits per heavy atom. The molecular formula is C13H20N2O. The van der Waals surface area contributed by atoms with Crippen LogP contribution in [0.1, 0.15) is 24.2 Å². The largest absolute Gasteiger partial charge is 0.399 e. The third-order valence-corrected chi connectivity index (χ3v) is 3.26. The fourth-order valence-electron chi connectivity index (χ4n) is 2.09. The molecule has 1 saturated heterocycles. The summed E-state index contributed by atoms with van der Waals surface area (Å²) in [5.41, 5.74) is 9.05. The van der Waals surface area contributed by atoms with Gasteiger partial charge in [-0.25, -0.2) is 0 Å². The Morgan fingerprint density at radius 3 is 3.00 bits per heavy atom. The highest BCUT2D eigenvalue weighted by Gasteiger charge is 2.20. The summed E-state index contributed by atoms with van der Waals surface area (Å²) in [6, 6.07) is 6.18. The zero-order valence-electron chi connectivity index (χ0n) is 10.1. The van der Waals surface area contributed by atoms with Crippen molar-refractivity contribution in [1.29, 1.82) is 0 Å². The summed E-state index contributed by atoms with van der Waals surface area (Å²) in [6.45, 7) is 8.17. The molecule has 1 aliphatic rings. The zero-order valence-corrected chi connectivity index (χ0v) is 10.1. The first-order valence-electron chi connectivity index (χ1n) is 5.90. The number of nitrogen functional groups attached to an aromatic ring is 1. The second-order valence-electron chi connectivity index (χ2n) is 4.37. The van der Waals surface area contributed by atoms with Crippen LogP contribution in [0, 0.1) is 6.92 Å². The fraction of sp³-hybridized carbons (Fsp3) is 0.538. The van der Waals surface area contributed by atoms with Gasteiger partial charge in [0.1, 0.15) is 0 Å². The molecular weight excluding hydrogens is 200 g/mol. The molecule has 0 saturated carbocycles. The lowest BCUT2D eigenvalue weighted by Gasteiger charge is -2.32. The Labute approximate surface area is 97.2 Å². The van der Waals surface area contributed by atoms with Gasteiger partial charge in [0.05, 0.1) is 12.7 Å². The Hall–Kier alpha value is -1.06. The molecule has 3 heteroatoms. The average Bonchev–Trinajstić information content (AvgIpc) is 2.33. The van der Waals surface area contributed by atoms with Crippen LogP contribution in [-0.4, -0.2) is 31.1 Å². The second kappa shape index (κ2) is 4.85. The first kappa shape index (κ1) is 11.4. The van der Waals surface area contributed by atoms with Gasteiger partial charge in [-0.2, -0.15) is 0 Å². The van der Waals surface area contributed by atoms with E-state index in [1.165, 1.54) is 5.56 Å². The highest BCUT2D eigenvalue weighted by atomic mass is 16.5. The van der Waals surface area contributed by atoms with Crippen LogP contribution < -0.4 is 5.73 Å². The van der Waals surface area contributed by atoms with Crippen molar-refractivity contribution >= 4 is 5.69 Å². The SMILES string of the molecule is CCN1CCOC(c2ccc(N)c(C)c2)C1. The third kappa shape index (κ3) is 2.36. The number of ether oxygens (including phenoxy) is 1. The Bertz CT molecular complexity index is 365. The molecule has 88 valence electrons. The summed E-state index contributed by atoms with van der Waals surface area (Å²) >= 11 is 0. The Kier molecular flexibility index (Phi) is 3.46. The van der Waals surface area contributed by atoms with E-state index in [0.717, 1.165) is 37.5 Å². The van der Waals surface area contributed by atoms with Gasteiger partial charge in [0.25, 0.3) is 0 Å². The fourth-order valence-corrected chi connectivity index (χ4v) is 2.09. The lowest BCUT2D eigenvalue weighted by atomic mass is 10.0. The van der Waals surface area contributed by atoms with Crippen molar-refractivity contribution < 1.29 is 4.74 Å². The minimum Gasteiger partial charge on any atom is -0.399 e. The van der Waals surface area contributed by atoms with E-state index in [0.29, 0.717) is 0 Å². The second-order valence-corrected chi connectivity index (χ2v) is 4.37. The maximum absolute atomic E-state index is 5.82. The molecule has 0 aromatic heterocycles. The van der Waals surface area contributed by atoms with E-state index in [4.69, 9.17) is 10.5 Å². The molecule has 1 heterocycles. The van der Waals surface area contributed by atoms with E-state index in [1.807, 2.05) is 13.0 Å². The molecule has 1 aromatic rings. The van der Waals surface area contributed by atoms with Crippen LogP contribution >= 0.6 is 0 Å². The van der Waals surface area contributed by atoms with Gasteiger partial charge in [0, 0.05) is 18.8 Å². The van der Waals surface area contributed by atoms with E-state index in [-0.39, 0.29) is 6.10 Å². The molecule has 1 fully saturated rings. The highest BCUT2D eigenvalue weighted by molar-refractivity contribution is 5.48. The lowest BCUT2D eigenvalue weighted by molar-refractivity contribution is -0.0281. The van der Waals surface area contributed by atoms with Gasteiger partial charge in [0.15, 0.2) is 0 Å². The molecule has 0 aliphatic carbocycles. The Balaban J connectivity index is 2.13. The van der Waals surface area contributed by atoms with Crippen molar-refractivity contribution in [3.05, 3.63) is 29.3 Å². The van der Waals surface area contributed by atoms with Crippen LogP contribution in [0.25, 0.3) is 0 Å². The van der Waals surface area contributed by atoms with Gasteiger partial charge in [-0.15, -0.1) is 0 Å². The van der Waals surface area contributed by atoms with Crippen LogP contribution in [0.15, 0.2) is 18.2 Å². The summed E-state index contributed by atoms with van der Waals surface area (Å²) < 4.78 is 5.81. The topological polar surface area (TPSA) is 38.5 Å². The molecule has 0 amide bonds. The first-order chi connectivity index (χ1) is 7.70. The van der Waals surface area contributed by atoms with Crippen molar-refractivity contribution in [2.45, 2.75) is 20.0 Å². The molecule has 1 unspecified atom stereocenters. The van der Waals surface area contributed by atoms with Crippen LogP contribution in [0.4, 0.5) is 5.69 Å². The van der Waals surface area contributed by atoms with Crippen molar-refractivity contribution in [3.8, 4) is 0 Å². The molecule has 16 heavy (non-hydrogen) atoms. The van der Waals surface area contributed by atoms with Gasteiger partial charge in [-0.3, -0.25) is 4.90 Å². The summed E-state index contributed by atoms with van der Waals surface area (Å²) in [5.74, 6) is 0. The van der Waals surface area contributed by atoms with Crippen LogP contribution in [0.3, 0.4) is 0 Å². The molecule has 1 atom stereocenters. The van der Waals surface area contributed by atoms with Crippen LogP contribution in [0.2, 0.25) is 0 Å². The molecule has 2 N–H and O–H groups in total. The number of benzene rings is 1. The van der Waals surface area contributed by atoms with Gasteiger partial charge in [0.2, 0.25) is 0 Å². The number of nitrogens with zero attached hydrogens (tertiary/aromatic N) is 1. The monoisotopic (exact) mass is 220 g/mol. The molecule has 3 nitrogen and oxygen atoms in total. The van der Waals surface area contributed by atoms with Gasteiger partial charge in [-0.1, -0.05) is 19.1 Å². The van der Waals surface area contributed by atoms with E-state index in [1.54, 1.807) is 0 Å². The normalized spacial score (nSPS) is 22.2. The number of hydrogen-bond acceptors (Lipinski definition) is 3. The summed E-state index contributed by atoms with van der Waals surface area (Å²) in [4.78, 5) is 2.42. The number of anilines is 1. The molecule has 1 aliphatic heterocycles. The van der Waals surface area contributed by atoms with Crippen LogP contribution in [0.5, 0.6) is 0 Å². The highest BCUT2D eigenvalue weighted by Crippen LogP contribution is 2.24. The van der Waals surface area contributed by atoms with Gasteiger partial charge in [-0.05, 0) is 30.7 Å². The zero-order chi connectivity index (χ0) is 11.5. The molecule has 1 aromatic carbocycles. The van der Waals surface area contributed by atoms with E-state index in [9.17, 15) is 0 Å². The van der Waals surface area contributed by atoms with Crippen molar-refractivity contribution in [2.75, 3.05) is 32.0 Å². The minimum atomic E-state index is 0.202. The molecule has 2 rings (SSSR count). The first-order valence-corrected chi connectivity index (χ1v) is 5.90. The van der Waals surface area contributed by atoms with Crippen molar-refractivity contribution in [1.82, 2.24) is 4.90 Å². The third-order valence-electron chi connectivity index (χ3n) is 3.26. The quantitative estimate of drug-likeness (QED) is 0.774. The Morgan fingerprint density at radius 2 is 2.31 bits per heavy atom. The summed E-state index contributed by atoms with van der Waals surface area (Å²) in [7, 11) is 0. The standard InChI is InChI=1S/C13H20N2O/c1-3-15-6-7-16-13(9-15)11-4-5-12(14)10(2)8-11/h4-5,8,13H,3,6-7,9,14H2,1-2H3. The molecule has 0 radical (unpaired) electrons. The summed E-state index contributed by atoms with van der Waals surface area (Å²) in [6.07, 6.45) is 0.202. The number of aryl methyl sites for hydroxylation is 1. The number of rotatable bonds is 2. The smallest absolute Gasteiger partial charge is 0.0952 e. The lowest BCUT2D eigenvalue weighted by Crippen LogP contribution is -2.38.